The molecule has 4 rings (SSSR count). The Balaban J connectivity index is 1.78. The number of nitrogens with zero attached hydrogens (tertiary/aromatic N) is 6. The van der Waals surface area contributed by atoms with Gasteiger partial charge < -0.3 is 15.4 Å². The van der Waals surface area contributed by atoms with Crippen LogP contribution in [0.3, 0.4) is 0 Å². The molecule has 0 aliphatic carbocycles. The van der Waals surface area contributed by atoms with Crippen LogP contribution < -0.4 is 10.6 Å². The maximum Gasteiger partial charge on any atom is 0.219 e. The van der Waals surface area contributed by atoms with Crippen molar-refractivity contribution in [1.29, 1.82) is 0 Å². The average Bonchev–Trinajstić information content (AvgIpc) is 3.16. The Hall–Kier alpha value is -2.41. The Morgan fingerprint density at radius 2 is 1.93 bits per heavy atom. The second-order valence-electron chi connectivity index (χ2n) is 6.88. The highest BCUT2D eigenvalue weighted by Gasteiger charge is 2.22. The van der Waals surface area contributed by atoms with E-state index >= 15 is 0 Å². The minimum Gasteiger partial charge on any atom is -0.378 e. The van der Waals surface area contributed by atoms with Crippen molar-refractivity contribution < 1.29 is 13.2 Å². The largest absolute Gasteiger partial charge is 0.378 e. The highest BCUT2D eigenvalue weighted by molar-refractivity contribution is 7.89. The zero-order valence-corrected chi connectivity index (χ0v) is 18.4. The Morgan fingerprint density at radius 1 is 1.23 bits per heavy atom. The van der Waals surface area contributed by atoms with Gasteiger partial charge >= 0.3 is 0 Å². The summed E-state index contributed by atoms with van der Waals surface area (Å²) < 4.78 is 32.1. The summed E-state index contributed by atoms with van der Waals surface area (Å²) in [7, 11) is -1.68. The summed E-state index contributed by atoms with van der Waals surface area (Å²) in [5, 5.41) is 0. The van der Waals surface area contributed by atoms with Crippen molar-refractivity contribution in [2.45, 2.75) is 13.5 Å². The lowest BCUT2D eigenvalue weighted by Crippen LogP contribution is -2.36. The van der Waals surface area contributed by atoms with E-state index in [0.717, 1.165) is 34.0 Å². The first-order chi connectivity index (χ1) is 14.4. The van der Waals surface area contributed by atoms with Gasteiger partial charge in [0.05, 0.1) is 34.7 Å². The lowest BCUT2D eigenvalue weighted by Gasteiger charge is -2.28. The normalized spacial score (nSPS) is 15.2. The Bertz CT molecular complexity index is 1140. The van der Waals surface area contributed by atoms with Crippen LogP contribution in [0.5, 0.6) is 0 Å². The standard InChI is InChI=1S/C18H23N7O3S2/c1-3-30(26,27)24(2)11-13-8-14-15(29-13)17(25-4-6-28-7-5-25)23-16(22-14)12-9-20-18(19)21-10-12/h8-10H,3-7,11H2,1-2H3,(H2,19,20,21). The van der Waals surface area contributed by atoms with Gasteiger partial charge in [0, 0.05) is 44.0 Å². The van der Waals surface area contributed by atoms with Crippen molar-refractivity contribution in [3.8, 4) is 11.4 Å². The number of morpholine rings is 1. The Labute approximate surface area is 178 Å². The molecule has 0 amide bonds. The summed E-state index contributed by atoms with van der Waals surface area (Å²) in [5.74, 6) is 1.57. The maximum absolute atomic E-state index is 12.2. The van der Waals surface area contributed by atoms with Crippen LogP contribution in [0, 0.1) is 0 Å². The molecule has 3 aromatic heterocycles. The molecule has 1 aliphatic heterocycles. The van der Waals surface area contributed by atoms with Crippen molar-refractivity contribution in [3.05, 3.63) is 23.3 Å². The molecule has 30 heavy (non-hydrogen) atoms. The fourth-order valence-electron chi connectivity index (χ4n) is 3.15. The summed E-state index contributed by atoms with van der Waals surface area (Å²) in [4.78, 5) is 20.6. The molecule has 1 saturated heterocycles. The quantitative estimate of drug-likeness (QED) is 0.593. The molecule has 0 spiro atoms. The van der Waals surface area contributed by atoms with Gasteiger partial charge in [-0.1, -0.05) is 0 Å². The molecule has 0 atom stereocenters. The average molecular weight is 450 g/mol. The van der Waals surface area contributed by atoms with E-state index in [4.69, 9.17) is 20.4 Å². The predicted molar refractivity (Wildman–Crippen MR) is 117 cm³/mol. The molecule has 4 heterocycles. The molecule has 0 bridgehead atoms. The number of nitrogen functional groups attached to an aromatic ring is 1. The number of rotatable bonds is 6. The number of aromatic nitrogens is 4. The Morgan fingerprint density at radius 3 is 2.60 bits per heavy atom. The Kier molecular flexibility index (Phi) is 5.82. The number of anilines is 2. The second kappa shape index (κ2) is 8.38. The summed E-state index contributed by atoms with van der Waals surface area (Å²) in [5.41, 5.74) is 7.03. The van der Waals surface area contributed by atoms with Gasteiger partial charge in [0.2, 0.25) is 16.0 Å². The number of hydrogen-bond donors (Lipinski definition) is 1. The van der Waals surface area contributed by atoms with E-state index in [1.54, 1.807) is 26.4 Å². The van der Waals surface area contributed by atoms with Crippen LogP contribution in [-0.2, 0) is 21.3 Å². The van der Waals surface area contributed by atoms with Gasteiger partial charge in [-0.15, -0.1) is 11.3 Å². The first kappa shape index (κ1) is 20.8. The van der Waals surface area contributed by atoms with Crippen LogP contribution in [0.2, 0.25) is 0 Å². The molecule has 1 aliphatic rings. The molecular formula is C18H23N7O3S2. The van der Waals surface area contributed by atoms with Gasteiger partial charge in [-0.05, 0) is 13.0 Å². The predicted octanol–water partition coefficient (Wildman–Crippen LogP) is 1.35. The SMILES string of the molecule is CCS(=O)(=O)N(C)Cc1cc2nc(-c3cnc(N)nc3)nc(N3CCOCC3)c2s1. The molecule has 10 nitrogen and oxygen atoms in total. The van der Waals surface area contributed by atoms with Crippen LogP contribution in [0.1, 0.15) is 11.8 Å². The van der Waals surface area contributed by atoms with Gasteiger partial charge in [-0.25, -0.2) is 28.4 Å². The summed E-state index contributed by atoms with van der Waals surface area (Å²) in [6.07, 6.45) is 3.20. The smallest absolute Gasteiger partial charge is 0.219 e. The van der Waals surface area contributed by atoms with Crippen LogP contribution in [-0.4, -0.2) is 71.8 Å². The molecular weight excluding hydrogens is 426 g/mol. The minimum atomic E-state index is -3.27. The molecule has 1 fully saturated rings. The fourth-order valence-corrected chi connectivity index (χ4v) is 5.18. The number of hydrogen-bond acceptors (Lipinski definition) is 10. The van der Waals surface area contributed by atoms with E-state index in [1.807, 2.05) is 6.07 Å². The molecule has 2 N–H and O–H groups in total. The molecule has 0 saturated carbocycles. The zero-order valence-electron chi connectivity index (χ0n) is 16.8. The number of sulfonamides is 1. The third-order valence-electron chi connectivity index (χ3n) is 4.86. The van der Waals surface area contributed by atoms with Crippen molar-refractivity contribution in [1.82, 2.24) is 24.2 Å². The van der Waals surface area contributed by atoms with E-state index in [9.17, 15) is 8.42 Å². The third kappa shape index (κ3) is 4.21. The van der Waals surface area contributed by atoms with Gasteiger partial charge in [-0.2, -0.15) is 4.31 Å². The lowest BCUT2D eigenvalue weighted by atomic mass is 10.3. The summed E-state index contributed by atoms with van der Waals surface area (Å²) in [6.45, 7) is 4.63. The van der Waals surface area contributed by atoms with Crippen molar-refractivity contribution >= 4 is 43.3 Å². The fraction of sp³-hybridized carbons (Fsp3) is 0.444. The lowest BCUT2D eigenvalue weighted by molar-refractivity contribution is 0.122. The van der Waals surface area contributed by atoms with Crippen molar-refractivity contribution in [2.75, 3.05) is 49.7 Å². The topological polar surface area (TPSA) is 127 Å². The first-order valence-corrected chi connectivity index (χ1v) is 11.9. The van der Waals surface area contributed by atoms with Gasteiger partial charge in [0.25, 0.3) is 0 Å². The van der Waals surface area contributed by atoms with Gasteiger partial charge in [-0.3, -0.25) is 0 Å². The highest BCUT2D eigenvalue weighted by Crippen LogP contribution is 2.35. The number of nitrogens with two attached hydrogens (primary N) is 1. The first-order valence-electron chi connectivity index (χ1n) is 9.52. The summed E-state index contributed by atoms with van der Waals surface area (Å²) >= 11 is 1.51. The summed E-state index contributed by atoms with van der Waals surface area (Å²) in [6, 6.07) is 1.93. The zero-order chi connectivity index (χ0) is 21.3. The van der Waals surface area contributed by atoms with E-state index in [2.05, 4.69) is 14.9 Å². The van der Waals surface area contributed by atoms with Gasteiger partial charge in [0.15, 0.2) is 11.6 Å². The van der Waals surface area contributed by atoms with E-state index in [-0.39, 0.29) is 11.7 Å². The van der Waals surface area contributed by atoms with E-state index < -0.39 is 10.0 Å². The van der Waals surface area contributed by atoms with Crippen LogP contribution >= 0.6 is 11.3 Å². The maximum atomic E-state index is 12.2. The third-order valence-corrected chi connectivity index (χ3v) is 7.78. The van der Waals surface area contributed by atoms with Crippen LogP contribution in [0.15, 0.2) is 18.5 Å². The van der Waals surface area contributed by atoms with Gasteiger partial charge in [0.1, 0.15) is 0 Å². The molecule has 3 aromatic rings. The van der Waals surface area contributed by atoms with E-state index in [0.29, 0.717) is 31.1 Å². The molecule has 0 unspecified atom stereocenters. The van der Waals surface area contributed by atoms with E-state index in [1.165, 1.54) is 15.6 Å². The van der Waals surface area contributed by atoms with Crippen molar-refractivity contribution in [2.24, 2.45) is 0 Å². The minimum absolute atomic E-state index is 0.0640. The molecule has 0 radical (unpaired) electrons. The van der Waals surface area contributed by atoms with Crippen molar-refractivity contribution in [3.63, 3.8) is 0 Å². The number of fused-ring (bicyclic) bond motifs is 1. The number of ether oxygens (including phenoxy) is 1. The highest BCUT2D eigenvalue weighted by atomic mass is 32.2. The van der Waals surface area contributed by atoms with Crippen LogP contribution in [0.4, 0.5) is 11.8 Å². The second-order valence-corrected chi connectivity index (χ2v) is 10.4. The number of thiophene rings is 1. The molecule has 12 heteroatoms. The molecule has 0 aromatic carbocycles. The molecule has 160 valence electrons. The van der Waals surface area contributed by atoms with Crippen LogP contribution in [0.25, 0.3) is 21.6 Å². The monoisotopic (exact) mass is 449 g/mol.